The second kappa shape index (κ2) is 7.75. The summed E-state index contributed by atoms with van der Waals surface area (Å²) in [5, 5.41) is 2.61. The molecule has 0 saturated heterocycles. The predicted molar refractivity (Wildman–Crippen MR) is 114 cm³/mol. The quantitative estimate of drug-likeness (QED) is 0.380. The maximum atomic E-state index is 13.2. The molecule has 3 aliphatic rings. The van der Waals surface area contributed by atoms with Gasteiger partial charge in [-0.3, -0.25) is 4.79 Å². The number of amides is 1. The Hall–Kier alpha value is -2.56. The highest BCUT2D eigenvalue weighted by Crippen LogP contribution is 2.73. The lowest BCUT2D eigenvalue weighted by atomic mass is 9.39. The monoisotopic (exact) mass is 489 g/mol. The van der Waals surface area contributed by atoms with E-state index >= 15 is 0 Å². The minimum atomic E-state index is -4.61. The highest BCUT2D eigenvalue weighted by Gasteiger charge is 2.79. The average Bonchev–Trinajstić information content (AvgIpc) is 2.66. The number of benzene rings is 2. The molecule has 11 heteroatoms. The smallest absolute Gasteiger partial charge is 0.378 e. The molecule has 0 heterocycles. The summed E-state index contributed by atoms with van der Waals surface area (Å²) in [5.41, 5.74) is -2.81. The van der Waals surface area contributed by atoms with Gasteiger partial charge in [0.05, 0.1) is 22.2 Å². The summed E-state index contributed by atoms with van der Waals surface area (Å²) in [6, 6.07) is 9.88. The van der Waals surface area contributed by atoms with Crippen LogP contribution in [0.3, 0.4) is 0 Å². The third-order valence-electron chi connectivity index (χ3n) is 6.23. The average molecular weight is 489 g/mol. The summed E-state index contributed by atoms with van der Waals surface area (Å²) in [6.07, 6.45) is -9.54. The van der Waals surface area contributed by atoms with E-state index < -0.39 is 34.8 Å². The second-order valence-electron chi connectivity index (χ2n) is 8.89. The van der Waals surface area contributed by atoms with E-state index in [0.29, 0.717) is 4.90 Å². The molecule has 4 nitrogen and oxygen atoms in total. The number of carbonyl (C=O) groups excluding carboxylic acids is 1. The fourth-order valence-corrected chi connectivity index (χ4v) is 5.13. The van der Waals surface area contributed by atoms with Gasteiger partial charge in [0.2, 0.25) is 0 Å². The molecule has 1 amide bonds. The highest BCUT2D eigenvalue weighted by molar-refractivity contribution is 8.00. The lowest BCUT2D eigenvalue weighted by molar-refractivity contribution is -0.336. The highest BCUT2D eigenvalue weighted by atomic mass is 32.2. The molecule has 5 rings (SSSR count). The largest absolute Gasteiger partial charge is 0.416 e. The van der Waals surface area contributed by atoms with E-state index in [1.54, 1.807) is 12.1 Å². The van der Waals surface area contributed by atoms with E-state index in [9.17, 15) is 31.1 Å². The molecule has 2 bridgehead atoms. The fourth-order valence-electron chi connectivity index (χ4n) is 4.46. The van der Waals surface area contributed by atoms with Crippen LogP contribution in [-0.2, 0) is 6.18 Å². The molecule has 0 atom stereocenters. The van der Waals surface area contributed by atoms with E-state index in [0.717, 1.165) is 35.8 Å². The summed E-state index contributed by atoms with van der Waals surface area (Å²) in [4.78, 5) is 15.4. The molecular weight excluding hydrogens is 468 g/mol. The molecular formula is C22H21F6N3OS. The lowest BCUT2D eigenvalue weighted by Crippen LogP contribution is -2.78. The van der Waals surface area contributed by atoms with Gasteiger partial charge < -0.3 is 14.9 Å². The molecule has 0 aromatic heterocycles. The zero-order valence-corrected chi connectivity index (χ0v) is 18.5. The van der Waals surface area contributed by atoms with Crippen molar-refractivity contribution in [2.24, 2.45) is 5.41 Å². The van der Waals surface area contributed by atoms with Crippen molar-refractivity contribution in [2.45, 2.75) is 42.0 Å². The summed E-state index contributed by atoms with van der Waals surface area (Å²) in [7, 11) is 3.74. The Balaban J connectivity index is 1.51. The van der Waals surface area contributed by atoms with Gasteiger partial charge in [0.15, 0.2) is 0 Å². The van der Waals surface area contributed by atoms with Gasteiger partial charge >= 0.3 is 12.4 Å². The zero-order valence-electron chi connectivity index (χ0n) is 17.7. The number of hydrogen-bond acceptors (Lipinski definition) is 4. The molecule has 0 radical (unpaired) electrons. The number of carbonyl (C=O) groups is 1. The lowest BCUT2D eigenvalue weighted by Gasteiger charge is -2.70. The minimum absolute atomic E-state index is 0.0637. The van der Waals surface area contributed by atoms with E-state index in [2.05, 4.69) is 10.0 Å². The van der Waals surface area contributed by atoms with Crippen LogP contribution >= 0.6 is 11.9 Å². The first kappa shape index (κ1) is 23.6. The SMILES string of the molecule is CN(C)c1ccc(SNc2cc(C(F)(F)F)ccc2C(=O)NC23CC(C(F)(F)F)(C2)C3)cc1. The first-order valence-corrected chi connectivity index (χ1v) is 10.9. The molecule has 178 valence electrons. The molecule has 2 N–H and O–H groups in total. The van der Waals surface area contributed by atoms with E-state index in [4.69, 9.17) is 0 Å². The van der Waals surface area contributed by atoms with Crippen molar-refractivity contribution in [3.63, 3.8) is 0 Å². The Labute approximate surface area is 190 Å². The van der Waals surface area contributed by atoms with Crippen molar-refractivity contribution in [1.82, 2.24) is 5.32 Å². The zero-order chi connectivity index (χ0) is 24.2. The van der Waals surface area contributed by atoms with Crippen LogP contribution in [0.4, 0.5) is 37.7 Å². The van der Waals surface area contributed by atoms with Gasteiger partial charge in [-0.25, -0.2) is 0 Å². The van der Waals surface area contributed by atoms with Crippen LogP contribution in [-0.4, -0.2) is 31.7 Å². The Bertz CT molecular complexity index is 1050. The molecule has 33 heavy (non-hydrogen) atoms. The van der Waals surface area contributed by atoms with Crippen LogP contribution in [0, 0.1) is 5.41 Å². The molecule has 0 spiro atoms. The van der Waals surface area contributed by atoms with Crippen molar-refractivity contribution in [2.75, 3.05) is 23.7 Å². The summed E-state index contributed by atoms with van der Waals surface area (Å²) in [5.74, 6) is -0.703. The van der Waals surface area contributed by atoms with Crippen LogP contribution in [0.25, 0.3) is 0 Å². The van der Waals surface area contributed by atoms with Crippen LogP contribution in [0.15, 0.2) is 47.4 Å². The van der Waals surface area contributed by atoms with Crippen LogP contribution in [0.5, 0.6) is 0 Å². The Morgan fingerprint density at radius 3 is 2.09 bits per heavy atom. The maximum absolute atomic E-state index is 13.2. The number of anilines is 2. The number of nitrogens with zero attached hydrogens (tertiary/aromatic N) is 1. The first-order valence-electron chi connectivity index (χ1n) is 10.0. The molecule has 3 saturated carbocycles. The molecule has 0 aliphatic heterocycles. The van der Waals surface area contributed by atoms with Crippen molar-refractivity contribution in [1.29, 1.82) is 0 Å². The standard InChI is InChI=1S/C22H21F6N3OS/c1-31(2)14-4-6-15(7-5-14)33-30-17-9-13(21(23,24)25)3-8-16(17)18(32)29-20-10-19(11-20,12-20)22(26,27)28/h3-9,30H,10-12H2,1-2H3,(H,29,32). The maximum Gasteiger partial charge on any atom is 0.416 e. The van der Waals surface area contributed by atoms with Crippen LogP contribution in [0.2, 0.25) is 0 Å². The predicted octanol–water partition coefficient (Wildman–Crippen LogP) is 6.11. The summed E-state index contributed by atoms with van der Waals surface area (Å²) in [6.45, 7) is 0. The number of rotatable bonds is 6. The van der Waals surface area contributed by atoms with Gasteiger partial charge in [-0.15, -0.1) is 0 Å². The van der Waals surface area contributed by atoms with Crippen molar-refractivity contribution < 1.29 is 31.1 Å². The Morgan fingerprint density at radius 2 is 1.58 bits per heavy atom. The van der Waals surface area contributed by atoms with E-state index in [1.165, 1.54) is 0 Å². The third kappa shape index (κ3) is 4.34. The number of hydrogen-bond donors (Lipinski definition) is 2. The molecule has 0 unspecified atom stereocenters. The van der Waals surface area contributed by atoms with Gasteiger partial charge in [-0.2, -0.15) is 26.3 Å². The molecule has 3 fully saturated rings. The van der Waals surface area contributed by atoms with E-state index in [-0.39, 0.29) is 30.5 Å². The van der Waals surface area contributed by atoms with Gasteiger partial charge in [-0.05, 0) is 73.7 Å². The molecule has 2 aromatic carbocycles. The van der Waals surface area contributed by atoms with Crippen LogP contribution in [0.1, 0.15) is 35.2 Å². The fraction of sp³-hybridized carbons (Fsp3) is 0.409. The Kier molecular flexibility index (Phi) is 5.54. The molecule has 2 aromatic rings. The van der Waals surface area contributed by atoms with Crippen molar-refractivity contribution in [3.8, 4) is 0 Å². The van der Waals surface area contributed by atoms with E-state index in [1.807, 2.05) is 31.1 Å². The normalized spacial score (nSPS) is 23.9. The van der Waals surface area contributed by atoms with Crippen molar-refractivity contribution >= 4 is 29.2 Å². The first-order chi connectivity index (χ1) is 15.2. The van der Waals surface area contributed by atoms with Gasteiger partial charge in [0, 0.05) is 30.2 Å². The number of alkyl halides is 6. The minimum Gasteiger partial charge on any atom is -0.378 e. The van der Waals surface area contributed by atoms with Gasteiger partial charge in [-0.1, -0.05) is 0 Å². The summed E-state index contributed by atoms with van der Waals surface area (Å²) < 4.78 is 81.7. The third-order valence-corrected chi connectivity index (χ3v) is 7.06. The number of nitrogens with one attached hydrogen (secondary N) is 2. The Morgan fingerprint density at radius 1 is 0.970 bits per heavy atom. The topological polar surface area (TPSA) is 44.4 Å². The van der Waals surface area contributed by atoms with Crippen LogP contribution < -0.4 is 14.9 Å². The summed E-state index contributed by atoms with van der Waals surface area (Å²) >= 11 is 1.03. The molecule has 3 aliphatic carbocycles. The number of halogens is 6. The van der Waals surface area contributed by atoms with Crippen molar-refractivity contribution in [3.05, 3.63) is 53.6 Å². The van der Waals surface area contributed by atoms with Gasteiger partial charge in [0.25, 0.3) is 5.91 Å². The van der Waals surface area contributed by atoms with Gasteiger partial charge in [0.1, 0.15) is 0 Å². The second-order valence-corrected chi connectivity index (χ2v) is 9.77.